The lowest BCUT2D eigenvalue weighted by molar-refractivity contribution is 1.76. The Morgan fingerprint density at radius 2 is 1.29 bits per heavy atom. The highest BCUT2D eigenvalue weighted by molar-refractivity contribution is 7.50. The van der Waals surface area contributed by atoms with Gasteiger partial charge >= 0.3 is 0 Å². The summed E-state index contributed by atoms with van der Waals surface area (Å²) >= 11 is 12.2. The molecule has 4 rings (SSSR count). The molecule has 0 aliphatic carbocycles. The van der Waals surface area contributed by atoms with Gasteiger partial charge in [-0.05, 0) is 48.5 Å². The minimum Gasteiger partial charge on any atom is -0.0843 e. The zero-order valence-corrected chi connectivity index (χ0v) is 13.3. The highest BCUT2D eigenvalue weighted by atomic mass is 35.5. The van der Waals surface area contributed by atoms with Gasteiger partial charge in [-0.25, -0.2) is 0 Å². The van der Waals surface area contributed by atoms with Crippen LogP contribution in [0.15, 0.2) is 66.7 Å². The van der Waals surface area contributed by atoms with Gasteiger partial charge in [0.1, 0.15) is 0 Å². The van der Waals surface area contributed by atoms with Gasteiger partial charge in [0.05, 0.1) is 0 Å². The van der Waals surface area contributed by atoms with E-state index in [1.807, 2.05) is 18.2 Å². The molecule has 0 nitrogen and oxygen atoms in total. The van der Waals surface area contributed by atoms with Crippen LogP contribution in [0.5, 0.6) is 0 Å². The van der Waals surface area contributed by atoms with Gasteiger partial charge in [0.25, 0.3) is 0 Å². The average Bonchev–Trinajstić information content (AvgIpc) is 2.82. The third-order valence-corrected chi connectivity index (χ3v) is 6.43. The largest absolute Gasteiger partial charge is 0.187 e. The molecule has 4 aromatic rings. The van der Waals surface area contributed by atoms with Gasteiger partial charge in [-0.3, -0.25) is 0 Å². The highest BCUT2D eigenvalue weighted by Gasteiger charge is 2.23. The van der Waals surface area contributed by atoms with Crippen molar-refractivity contribution in [3.63, 3.8) is 0 Å². The fourth-order valence-electron chi connectivity index (χ4n) is 2.70. The summed E-state index contributed by atoms with van der Waals surface area (Å²) in [5.74, 6) is 0. The Kier molecular flexibility index (Phi) is 3.15. The van der Waals surface area contributed by atoms with E-state index in [0.717, 1.165) is 10.0 Å². The van der Waals surface area contributed by atoms with Gasteiger partial charge in [-0.15, -0.1) is 0 Å². The maximum atomic E-state index is 6.19. The summed E-state index contributed by atoms with van der Waals surface area (Å²) < 4.78 is 2.69. The Balaban J connectivity index is 2.17. The normalized spacial score (nSPS) is 12.2. The molecular weight excluding hydrogens is 319 g/mol. The average molecular weight is 330 g/mol. The topological polar surface area (TPSA) is 0 Å². The van der Waals surface area contributed by atoms with Crippen LogP contribution < -0.4 is 0 Å². The number of hydrogen-bond donors (Lipinski definition) is 0. The minimum atomic E-state index is -0.0744. The van der Waals surface area contributed by atoms with Gasteiger partial charge in [0, 0.05) is 37.4 Å². The Labute approximate surface area is 135 Å². The molecule has 0 saturated carbocycles. The third kappa shape index (κ3) is 2.13. The van der Waals surface area contributed by atoms with Gasteiger partial charge < -0.3 is 0 Å². The SMILES string of the molecule is Clc1ccc(-[s+]2c3ccccc3c3cc(Cl)ccc32)cc1. The summed E-state index contributed by atoms with van der Waals surface area (Å²) in [6.45, 7) is 0. The predicted octanol–water partition coefficient (Wildman–Crippen LogP) is 7.04. The van der Waals surface area contributed by atoms with E-state index in [1.165, 1.54) is 25.1 Å². The summed E-state index contributed by atoms with van der Waals surface area (Å²) in [6, 6.07) is 22.9. The summed E-state index contributed by atoms with van der Waals surface area (Å²) in [5.41, 5.74) is 0. The quantitative estimate of drug-likeness (QED) is 0.328. The van der Waals surface area contributed by atoms with Crippen molar-refractivity contribution in [1.82, 2.24) is 0 Å². The van der Waals surface area contributed by atoms with Crippen molar-refractivity contribution in [2.24, 2.45) is 0 Å². The van der Waals surface area contributed by atoms with E-state index in [0.29, 0.717) is 0 Å². The first-order valence-corrected chi connectivity index (χ1v) is 8.61. The van der Waals surface area contributed by atoms with E-state index in [4.69, 9.17) is 23.2 Å². The molecule has 1 heterocycles. The molecule has 0 N–H and O–H groups in total. The fourth-order valence-corrected chi connectivity index (χ4v) is 5.36. The number of benzene rings is 3. The molecule has 0 fully saturated rings. The monoisotopic (exact) mass is 329 g/mol. The predicted molar refractivity (Wildman–Crippen MR) is 95.3 cm³/mol. The molecule has 1 aromatic heterocycles. The van der Waals surface area contributed by atoms with Crippen LogP contribution in [0.4, 0.5) is 0 Å². The van der Waals surface area contributed by atoms with Crippen LogP contribution in [-0.4, -0.2) is 0 Å². The van der Waals surface area contributed by atoms with Crippen molar-refractivity contribution in [3.05, 3.63) is 76.8 Å². The van der Waals surface area contributed by atoms with Crippen LogP contribution >= 0.6 is 33.7 Å². The molecule has 3 aromatic carbocycles. The Bertz CT molecular complexity index is 952. The molecular formula is C18H11Cl2S+. The maximum Gasteiger partial charge on any atom is 0.187 e. The summed E-state index contributed by atoms with van der Waals surface area (Å²) in [7, 11) is -0.0744. The van der Waals surface area contributed by atoms with E-state index in [9.17, 15) is 0 Å². The number of thiophene rings is 1. The maximum absolute atomic E-state index is 6.19. The zero-order chi connectivity index (χ0) is 14.4. The summed E-state index contributed by atoms with van der Waals surface area (Å²) in [5, 5.41) is 4.08. The molecule has 0 amide bonds. The second-order valence-electron chi connectivity index (χ2n) is 4.90. The van der Waals surface area contributed by atoms with Crippen LogP contribution in [-0.2, 0) is 0 Å². The zero-order valence-electron chi connectivity index (χ0n) is 11.0. The number of fused-ring (bicyclic) bond motifs is 3. The number of hydrogen-bond acceptors (Lipinski definition) is 0. The molecule has 0 saturated heterocycles. The molecule has 1 atom stereocenters. The van der Waals surface area contributed by atoms with Crippen LogP contribution in [0.3, 0.4) is 0 Å². The fraction of sp³-hybridized carbons (Fsp3) is 0. The van der Waals surface area contributed by atoms with Crippen molar-refractivity contribution >= 4 is 53.8 Å². The molecule has 102 valence electrons. The van der Waals surface area contributed by atoms with Crippen molar-refractivity contribution in [3.8, 4) is 4.90 Å². The standard InChI is InChI=1S/C18H11Cl2S/c19-12-5-8-14(9-6-12)21-17-4-2-1-3-15(17)16-11-13(20)7-10-18(16)21/h1-11H/q+1. The lowest BCUT2D eigenvalue weighted by Crippen LogP contribution is -1.70. The van der Waals surface area contributed by atoms with Crippen molar-refractivity contribution in [2.75, 3.05) is 0 Å². The first-order valence-electron chi connectivity index (χ1n) is 6.63. The van der Waals surface area contributed by atoms with E-state index < -0.39 is 0 Å². The van der Waals surface area contributed by atoms with Gasteiger partial charge in [0.15, 0.2) is 14.3 Å². The van der Waals surface area contributed by atoms with Crippen molar-refractivity contribution in [2.45, 2.75) is 0 Å². The smallest absolute Gasteiger partial charge is 0.0843 e. The molecule has 0 spiro atoms. The first-order chi connectivity index (χ1) is 10.2. The molecule has 21 heavy (non-hydrogen) atoms. The second kappa shape index (κ2) is 5.03. The third-order valence-electron chi connectivity index (χ3n) is 3.61. The van der Waals surface area contributed by atoms with E-state index in [-0.39, 0.29) is 10.5 Å². The van der Waals surface area contributed by atoms with Crippen LogP contribution in [0.1, 0.15) is 0 Å². The number of rotatable bonds is 1. The lowest BCUT2D eigenvalue weighted by Gasteiger charge is -1.94. The Morgan fingerprint density at radius 3 is 2.10 bits per heavy atom. The van der Waals surface area contributed by atoms with Gasteiger partial charge in [0.2, 0.25) is 0 Å². The lowest BCUT2D eigenvalue weighted by atomic mass is 10.2. The van der Waals surface area contributed by atoms with Crippen molar-refractivity contribution < 1.29 is 0 Å². The molecule has 1 unspecified atom stereocenters. The number of halogens is 2. The Morgan fingerprint density at radius 1 is 0.619 bits per heavy atom. The Hall–Kier alpha value is -1.54. The molecule has 0 radical (unpaired) electrons. The molecule has 3 heteroatoms. The van der Waals surface area contributed by atoms with Crippen molar-refractivity contribution in [1.29, 1.82) is 0 Å². The second-order valence-corrected chi connectivity index (χ2v) is 7.73. The first kappa shape index (κ1) is 13.1. The van der Waals surface area contributed by atoms with Gasteiger partial charge in [-0.2, -0.15) is 0 Å². The summed E-state index contributed by atoms with van der Waals surface area (Å²) in [4.78, 5) is 1.29. The van der Waals surface area contributed by atoms with Crippen LogP contribution in [0, 0.1) is 0 Å². The van der Waals surface area contributed by atoms with Gasteiger partial charge in [-0.1, -0.05) is 35.3 Å². The van der Waals surface area contributed by atoms with E-state index >= 15 is 0 Å². The van der Waals surface area contributed by atoms with Crippen LogP contribution in [0.2, 0.25) is 10.0 Å². The van der Waals surface area contributed by atoms with E-state index in [1.54, 1.807) is 0 Å². The minimum absolute atomic E-state index is 0.0744. The van der Waals surface area contributed by atoms with E-state index in [2.05, 4.69) is 48.5 Å². The molecule has 0 aliphatic rings. The molecule has 0 bridgehead atoms. The summed E-state index contributed by atoms with van der Waals surface area (Å²) in [6.07, 6.45) is 0. The molecule has 0 aliphatic heterocycles. The van der Waals surface area contributed by atoms with Crippen LogP contribution in [0.25, 0.3) is 25.1 Å². The highest BCUT2D eigenvalue weighted by Crippen LogP contribution is 2.48.